The number of nitrogens with zero attached hydrogens (tertiary/aromatic N) is 1. The topological polar surface area (TPSA) is 56.0 Å². The van der Waals surface area contributed by atoms with Gasteiger partial charge in [-0.25, -0.2) is 4.98 Å². The number of benzene rings is 2. The summed E-state index contributed by atoms with van der Waals surface area (Å²) in [6, 6.07) is 17.7. The van der Waals surface area contributed by atoms with E-state index in [2.05, 4.69) is 4.98 Å². The van der Waals surface area contributed by atoms with Gasteiger partial charge >= 0.3 is 0 Å². The largest absolute Gasteiger partial charge is 0.325 e. The second-order valence-corrected chi connectivity index (χ2v) is 5.55. The smallest absolute Gasteiger partial charge is 0.212 e. The van der Waals surface area contributed by atoms with E-state index in [0.29, 0.717) is 17.8 Å². The summed E-state index contributed by atoms with van der Waals surface area (Å²) in [6.07, 6.45) is 0. The predicted molar refractivity (Wildman–Crippen MR) is 85.3 cm³/mol. The number of ketones is 1. The van der Waals surface area contributed by atoms with Crippen LogP contribution in [-0.4, -0.2) is 10.8 Å². The number of aromatic nitrogens is 1. The second-order valence-electron chi connectivity index (χ2n) is 4.60. The van der Waals surface area contributed by atoms with Gasteiger partial charge < -0.3 is 5.73 Å². The van der Waals surface area contributed by atoms with Crippen molar-refractivity contribution in [1.82, 2.24) is 4.98 Å². The number of hydrogen-bond donors (Lipinski definition) is 1. The van der Waals surface area contributed by atoms with E-state index in [4.69, 9.17) is 5.73 Å². The Hall–Kier alpha value is -2.30. The van der Waals surface area contributed by atoms with Crippen LogP contribution >= 0.6 is 11.3 Å². The normalized spacial score (nSPS) is 10.5. The van der Waals surface area contributed by atoms with Gasteiger partial charge in [0.1, 0.15) is 10.7 Å². The van der Waals surface area contributed by atoms with Crippen LogP contribution < -0.4 is 5.73 Å². The summed E-state index contributed by atoms with van der Waals surface area (Å²) in [5.41, 5.74) is 8.86. The molecule has 0 aliphatic heterocycles. The average Bonchev–Trinajstić information content (AvgIpc) is 3.04. The zero-order valence-corrected chi connectivity index (χ0v) is 12.1. The molecule has 3 nitrogen and oxygen atoms in total. The molecule has 0 unspecified atom stereocenters. The van der Waals surface area contributed by atoms with E-state index < -0.39 is 0 Å². The van der Waals surface area contributed by atoms with Crippen LogP contribution in [0.1, 0.15) is 21.1 Å². The monoisotopic (exact) mass is 294 g/mol. The molecule has 0 aliphatic rings. The molecule has 21 heavy (non-hydrogen) atoms. The molecule has 4 heteroatoms. The Morgan fingerprint density at radius 1 is 1.00 bits per heavy atom. The quantitative estimate of drug-likeness (QED) is 0.749. The SMILES string of the molecule is NCc1nc(C(=O)c2ccc(-c3ccccc3)cc2)cs1. The fourth-order valence-electron chi connectivity index (χ4n) is 2.10. The van der Waals surface area contributed by atoms with Crippen molar-refractivity contribution in [3.8, 4) is 11.1 Å². The summed E-state index contributed by atoms with van der Waals surface area (Å²) in [7, 11) is 0. The van der Waals surface area contributed by atoms with Gasteiger partial charge in [0.05, 0.1) is 0 Å². The molecule has 104 valence electrons. The first-order valence-corrected chi connectivity index (χ1v) is 7.50. The van der Waals surface area contributed by atoms with Crippen molar-refractivity contribution in [3.63, 3.8) is 0 Å². The zero-order chi connectivity index (χ0) is 14.7. The predicted octanol–water partition coefficient (Wildman–Crippen LogP) is 3.50. The Morgan fingerprint density at radius 2 is 1.67 bits per heavy atom. The first kappa shape index (κ1) is 13.7. The molecule has 1 heterocycles. The van der Waals surface area contributed by atoms with Crippen molar-refractivity contribution >= 4 is 17.1 Å². The third kappa shape index (κ3) is 2.91. The molecule has 3 aromatic rings. The standard InChI is InChI=1S/C17H14N2OS/c18-10-16-19-15(11-21-16)17(20)14-8-6-13(7-9-14)12-4-2-1-3-5-12/h1-9,11H,10,18H2. The third-order valence-electron chi connectivity index (χ3n) is 3.21. The maximum absolute atomic E-state index is 12.3. The van der Waals surface area contributed by atoms with E-state index in [1.165, 1.54) is 11.3 Å². The lowest BCUT2D eigenvalue weighted by Gasteiger charge is -2.03. The van der Waals surface area contributed by atoms with Crippen molar-refractivity contribution in [2.24, 2.45) is 5.73 Å². The molecule has 0 fully saturated rings. The lowest BCUT2D eigenvalue weighted by atomic mass is 10.0. The van der Waals surface area contributed by atoms with Gasteiger partial charge in [0.2, 0.25) is 5.78 Å². The molecule has 0 saturated carbocycles. The summed E-state index contributed by atoms with van der Waals surface area (Å²) in [4.78, 5) is 16.6. The van der Waals surface area contributed by atoms with E-state index in [1.54, 1.807) is 5.38 Å². The van der Waals surface area contributed by atoms with E-state index >= 15 is 0 Å². The van der Waals surface area contributed by atoms with Gasteiger partial charge in [-0.05, 0) is 11.1 Å². The Morgan fingerprint density at radius 3 is 2.29 bits per heavy atom. The van der Waals surface area contributed by atoms with Crippen LogP contribution in [0.3, 0.4) is 0 Å². The van der Waals surface area contributed by atoms with Crippen LogP contribution in [-0.2, 0) is 6.54 Å². The highest BCUT2D eigenvalue weighted by atomic mass is 32.1. The molecule has 0 atom stereocenters. The van der Waals surface area contributed by atoms with Gasteiger partial charge in [0.15, 0.2) is 0 Å². The van der Waals surface area contributed by atoms with E-state index in [1.807, 2.05) is 54.6 Å². The number of thiazole rings is 1. The van der Waals surface area contributed by atoms with E-state index in [9.17, 15) is 4.79 Å². The molecule has 0 amide bonds. The Labute approximate surface area is 127 Å². The van der Waals surface area contributed by atoms with Gasteiger partial charge in [0, 0.05) is 17.5 Å². The third-order valence-corrected chi connectivity index (χ3v) is 4.08. The first-order valence-electron chi connectivity index (χ1n) is 6.62. The number of carbonyl (C=O) groups is 1. The Balaban J connectivity index is 1.85. The maximum atomic E-state index is 12.3. The second kappa shape index (κ2) is 5.99. The lowest BCUT2D eigenvalue weighted by Crippen LogP contribution is -2.03. The van der Waals surface area contributed by atoms with Crippen LogP contribution in [0.2, 0.25) is 0 Å². The highest BCUT2D eigenvalue weighted by Gasteiger charge is 2.12. The number of rotatable bonds is 4. The van der Waals surface area contributed by atoms with Crippen LogP contribution in [0.25, 0.3) is 11.1 Å². The van der Waals surface area contributed by atoms with Crippen molar-refractivity contribution in [2.45, 2.75) is 6.54 Å². The minimum Gasteiger partial charge on any atom is -0.325 e. The Bertz CT molecular complexity index is 748. The summed E-state index contributed by atoms with van der Waals surface area (Å²) in [6.45, 7) is 0.366. The highest BCUT2D eigenvalue weighted by Crippen LogP contribution is 2.21. The fraction of sp³-hybridized carbons (Fsp3) is 0.0588. The van der Waals surface area contributed by atoms with Gasteiger partial charge in [0.25, 0.3) is 0 Å². The highest BCUT2D eigenvalue weighted by molar-refractivity contribution is 7.09. The van der Waals surface area contributed by atoms with Crippen molar-refractivity contribution < 1.29 is 4.79 Å². The molecule has 0 bridgehead atoms. The van der Waals surface area contributed by atoms with E-state index in [0.717, 1.165) is 16.1 Å². The minimum absolute atomic E-state index is 0.0643. The molecule has 0 aliphatic carbocycles. The fourth-order valence-corrected chi connectivity index (χ4v) is 2.76. The molecule has 0 spiro atoms. The molecule has 0 saturated heterocycles. The lowest BCUT2D eigenvalue weighted by molar-refractivity contribution is 0.103. The van der Waals surface area contributed by atoms with Gasteiger partial charge in [-0.3, -0.25) is 4.79 Å². The molecule has 3 rings (SSSR count). The average molecular weight is 294 g/mol. The van der Waals surface area contributed by atoms with Crippen LogP contribution in [0.4, 0.5) is 0 Å². The minimum atomic E-state index is -0.0643. The zero-order valence-electron chi connectivity index (χ0n) is 11.3. The number of hydrogen-bond acceptors (Lipinski definition) is 4. The molecule has 0 radical (unpaired) electrons. The summed E-state index contributed by atoms with van der Waals surface area (Å²) < 4.78 is 0. The molecule has 1 aromatic heterocycles. The van der Waals surface area contributed by atoms with Crippen LogP contribution in [0.5, 0.6) is 0 Å². The van der Waals surface area contributed by atoms with E-state index in [-0.39, 0.29) is 5.78 Å². The molecular weight excluding hydrogens is 280 g/mol. The summed E-state index contributed by atoms with van der Waals surface area (Å²) in [5.74, 6) is -0.0643. The molecule has 2 N–H and O–H groups in total. The van der Waals surface area contributed by atoms with Gasteiger partial charge in [-0.2, -0.15) is 0 Å². The molecule has 2 aromatic carbocycles. The first-order chi connectivity index (χ1) is 10.3. The van der Waals surface area contributed by atoms with Gasteiger partial charge in [-0.1, -0.05) is 54.6 Å². The van der Waals surface area contributed by atoms with Crippen molar-refractivity contribution in [1.29, 1.82) is 0 Å². The van der Waals surface area contributed by atoms with Crippen molar-refractivity contribution in [2.75, 3.05) is 0 Å². The maximum Gasteiger partial charge on any atom is 0.212 e. The summed E-state index contributed by atoms with van der Waals surface area (Å²) >= 11 is 1.42. The number of nitrogens with two attached hydrogens (primary N) is 1. The summed E-state index contributed by atoms with van der Waals surface area (Å²) in [5, 5.41) is 2.54. The molecular formula is C17H14N2OS. The Kier molecular flexibility index (Phi) is 3.90. The van der Waals surface area contributed by atoms with Gasteiger partial charge in [-0.15, -0.1) is 11.3 Å². The van der Waals surface area contributed by atoms with Crippen molar-refractivity contribution in [3.05, 3.63) is 76.2 Å². The van der Waals surface area contributed by atoms with Crippen LogP contribution in [0.15, 0.2) is 60.0 Å². The number of carbonyl (C=O) groups excluding carboxylic acids is 1. The van der Waals surface area contributed by atoms with Crippen LogP contribution in [0, 0.1) is 0 Å².